The van der Waals surface area contributed by atoms with E-state index in [9.17, 15) is 48.3 Å². The molecule has 0 radical (unpaired) electrons. The molecular formula is C54H67IN8O11. The molecule has 396 valence electrons. The van der Waals surface area contributed by atoms with Crippen LogP contribution in [-0.2, 0) is 44.7 Å². The maximum absolute atomic E-state index is 14.1. The number of nitrogens with zero attached hydrogens (tertiary/aromatic N) is 1. The number of ether oxygens (including phenoxy) is 1. The second-order valence-electron chi connectivity index (χ2n) is 20.1. The lowest BCUT2D eigenvalue weighted by Crippen LogP contribution is -2.55. The first-order valence-corrected chi connectivity index (χ1v) is 26.8. The normalized spacial score (nSPS) is 26.3. The number of guanidine groups is 1. The van der Waals surface area contributed by atoms with E-state index >= 15 is 0 Å². The van der Waals surface area contributed by atoms with Gasteiger partial charge in [0.25, 0.3) is 0 Å². The van der Waals surface area contributed by atoms with Crippen LogP contribution in [0.5, 0.6) is 5.75 Å². The number of benzene rings is 2. The summed E-state index contributed by atoms with van der Waals surface area (Å²) in [6.07, 6.45) is 6.97. The zero-order valence-corrected chi connectivity index (χ0v) is 43.8. The second-order valence-corrected chi connectivity index (χ2v) is 21.4. The Balaban J connectivity index is 0.909. The maximum Gasteiger partial charge on any atom is 0.407 e. The number of alkyl carbamates (subject to hydrolysis) is 1. The molecule has 9 atom stereocenters. The summed E-state index contributed by atoms with van der Waals surface area (Å²) in [7, 11) is 0. The molecule has 0 aromatic heterocycles. The number of carbonyl (C=O) groups excluding carboxylic acids is 9. The van der Waals surface area contributed by atoms with Gasteiger partial charge in [-0.1, -0.05) is 47.1 Å². The number of nitrogens with one attached hydrogen (secondary N) is 5. The number of hydrogen-bond acceptors (Lipinski definition) is 12. The van der Waals surface area contributed by atoms with Crippen LogP contribution in [0.25, 0.3) is 0 Å². The van der Waals surface area contributed by atoms with Crippen molar-refractivity contribution in [1.29, 1.82) is 0 Å². The molecule has 10 N–H and O–H groups in total. The zero-order chi connectivity index (χ0) is 53.1. The van der Waals surface area contributed by atoms with Crippen LogP contribution >= 0.6 is 22.6 Å². The molecule has 1 saturated heterocycles. The van der Waals surface area contributed by atoms with Crippen molar-refractivity contribution in [2.24, 2.45) is 52.0 Å². The van der Waals surface area contributed by atoms with E-state index in [2.05, 4.69) is 54.2 Å². The Morgan fingerprint density at radius 1 is 0.811 bits per heavy atom. The van der Waals surface area contributed by atoms with E-state index in [-0.39, 0.29) is 86.8 Å². The molecule has 2 aromatic carbocycles. The summed E-state index contributed by atoms with van der Waals surface area (Å²) in [6, 6.07) is 10.3. The molecule has 1 saturated carbocycles. The average molecular weight is 1130 g/mol. The maximum atomic E-state index is 14.1. The van der Waals surface area contributed by atoms with Crippen molar-refractivity contribution in [3.8, 4) is 5.75 Å². The van der Waals surface area contributed by atoms with Crippen LogP contribution in [0.4, 0.5) is 4.79 Å². The highest BCUT2D eigenvalue weighted by Gasteiger charge is 2.53. The Bertz CT molecular complexity index is 2580. The molecule has 2 aromatic rings. The molecule has 74 heavy (non-hydrogen) atoms. The van der Waals surface area contributed by atoms with E-state index in [0.29, 0.717) is 67.9 Å². The molecule has 5 amide bonds. The third kappa shape index (κ3) is 14.6. The van der Waals surface area contributed by atoms with Crippen LogP contribution in [0.3, 0.4) is 0 Å². The number of phenolic OH excluding ortho intramolecular Hbond substituents is 1. The van der Waals surface area contributed by atoms with E-state index in [4.69, 9.17) is 16.2 Å². The second kappa shape index (κ2) is 25.7. The average Bonchev–Trinajstić information content (AvgIpc) is 4.04. The van der Waals surface area contributed by atoms with Crippen molar-refractivity contribution in [3.63, 3.8) is 0 Å². The largest absolute Gasteiger partial charge is 0.508 e. The molecule has 20 heteroatoms. The molecule has 6 unspecified atom stereocenters. The number of carbonyl (C=O) groups is 9. The summed E-state index contributed by atoms with van der Waals surface area (Å²) >= 11 is 2.20. The van der Waals surface area contributed by atoms with Gasteiger partial charge in [0, 0.05) is 41.0 Å². The van der Waals surface area contributed by atoms with E-state index < -0.39 is 77.9 Å². The lowest BCUT2D eigenvalue weighted by atomic mass is 9.63. The first-order valence-electron chi connectivity index (χ1n) is 25.7. The highest BCUT2D eigenvalue weighted by molar-refractivity contribution is 14.1. The van der Waals surface area contributed by atoms with Crippen LogP contribution in [0.2, 0.25) is 0 Å². The van der Waals surface area contributed by atoms with Crippen molar-refractivity contribution in [3.05, 3.63) is 86.0 Å². The molecule has 19 nitrogen and oxygen atoms in total. The molecule has 2 fully saturated rings. The van der Waals surface area contributed by atoms with Crippen LogP contribution in [0, 0.1) is 39.1 Å². The first kappa shape index (κ1) is 55.3. The van der Waals surface area contributed by atoms with Crippen molar-refractivity contribution in [1.82, 2.24) is 26.6 Å². The quantitative estimate of drug-likeness (QED) is 0.0201. The Kier molecular flexibility index (Phi) is 19.2. The topological polar surface area (TPSA) is 308 Å². The van der Waals surface area contributed by atoms with Gasteiger partial charge >= 0.3 is 6.09 Å². The van der Waals surface area contributed by atoms with Crippen LogP contribution < -0.4 is 38.1 Å². The Morgan fingerprint density at radius 2 is 1.49 bits per heavy atom. The molecule has 8 rings (SSSR count). The highest BCUT2D eigenvalue weighted by atomic mass is 127. The first-order chi connectivity index (χ1) is 35.5. The summed E-state index contributed by atoms with van der Waals surface area (Å²) < 4.78 is 6.76. The SMILES string of the molecule is CC1NC(=O)CNC(=O)C(CCCN=C(N)N)NC(=O)C(CCCCNC(=O)OC[C@@H]2[C@@H]3CCC4=C(CC[C@@H]32)C2C=C(CCCC(=O)c3ccc(I)cc3)C4C(=O)C2=O)NC(=O)C(Cc2ccc(O)cc2)CC1=O. The highest BCUT2D eigenvalue weighted by Crippen LogP contribution is 2.57. The van der Waals surface area contributed by atoms with Gasteiger partial charge in [0.05, 0.1) is 31.0 Å². The zero-order valence-electron chi connectivity index (χ0n) is 41.6. The van der Waals surface area contributed by atoms with E-state index in [0.717, 1.165) is 33.1 Å². The number of fused-ring (bicyclic) bond motifs is 2. The predicted molar refractivity (Wildman–Crippen MR) is 281 cm³/mol. The standard InChI is InChI=1S/C54H67IN8O11/c1-29-45(66)26-33(24-30-10-16-35(64)17-11-30)50(70)62-43(52(72)63-42(8-5-23-58-53(56)57)51(71)60-27-46(67)61-29)7-2-3-22-59-54(73)74-28-41-36-18-19-38-39(21-20-37(36)41)47-32(25-40(38)48(68)49(47)69)6-4-9-44(65)31-12-14-34(55)15-13-31/h10-17,25,29,33,36-37,40-43,47,64H,2-9,18-24,26-28H2,1H3,(H,59,73)(H,60,71)(H,61,67)(H,62,70)(H,63,72)(H4,56,57,58)/t29?,33?,36-,37+,40?,41-,42?,43?,47?/m0/s1. The van der Waals surface area contributed by atoms with Crippen LogP contribution in [0.15, 0.2) is 76.3 Å². The van der Waals surface area contributed by atoms with Crippen LogP contribution in [-0.4, -0.2) is 108 Å². The number of aromatic hydroxyl groups is 1. The summed E-state index contributed by atoms with van der Waals surface area (Å²) in [6.45, 7) is 1.59. The fourth-order valence-corrected chi connectivity index (χ4v) is 11.3. The molecule has 1 aliphatic heterocycles. The number of ketones is 4. The number of Topliss-reactive ketones (excluding diaryl/α,β-unsaturated/α-hetero) is 4. The number of phenols is 1. The number of aliphatic imine (C=N–C) groups is 1. The third-order valence-corrected chi connectivity index (χ3v) is 15.8. The fourth-order valence-electron chi connectivity index (χ4n) is 11.0. The minimum absolute atomic E-state index is 0.0167. The molecule has 6 aliphatic rings. The Labute approximate surface area is 443 Å². The van der Waals surface area contributed by atoms with Gasteiger partial charge in [-0.2, -0.15) is 0 Å². The smallest absolute Gasteiger partial charge is 0.407 e. The van der Waals surface area contributed by atoms with Gasteiger partial charge in [0.1, 0.15) is 17.8 Å². The third-order valence-electron chi connectivity index (χ3n) is 15.0. The minimum atomic E-state index is -1.16. The monoisotopic (exact) mass is 1130 g/mol. The summed E-state index contributed by atoms with van der Waals surface area (Å²) in [4.78, 5) is 124. The van der Waals surface area contributed by atoms with Gasteiger partial charge in [0.15, 0.2) is 17.5 Å². The number of amides is 5. The van der Waals surface area contributed by atoms with E-state index in [1.807, 2.05) is 30.3 Å². The number of halogens is 1. The molecule has 2 bridgehead atoms. The summed E-state index contributed by atoms with van der Waals surface area (Å²) in [5, 5.41) is 23.2. The number of nitrogens with two attached hydrogens (primary N) is 2. The summed E-state index contributed by atoms with van der Waals surface area (Å²) in [5.41, 5.74) is 15.3. The van der Waals surface area contributed by atoms with Crippen LogP contribution in [0.1, 0.15) is 106 Å². The van der Waals surface area contributed by atoms with E-state index in [1.165, 1.54) is 19.1 Å². The Hall–Kier alpha value is -6.45. The summed E-state index contributed by atoms with van der Waals surface area (Å²) in [5.74, 6) is -5.05. The fraction of sp³-hybridized carbons (Fsp3) is 0.519. The number of rotatable bonds is 18. The van der Waals surface area contributed by atoms with Gasteiger partial charge in [0.2, 0.25) is 35.2 Å². The molecule has 1 heterocycles. The van der Waals surface area contributed by atoms with Crippen molar-refractivity contribution < 1.29 is 53.0 Å². The molecule has 0 spiro atoms. The molecular weight excluding hydrogens is 1060 g/mol. The number of hydrogen-bond donors (Lipinski definition) is 8. The lowest BCUT2D eigenvalue weighted by Gasteiger charge is -2.39. The Morgan fingerprint density at radius 3 is 2.20 bits per heavy atom. The van der Waals surface area contributed by atoms with Crippen molar-refractivity contribution in [2.75, 3.05) is 26.2 Å². The predicted octanol–water partition coefficient (Wildman–Crippen LogP) is 3.78. The van der Waals surface area contributed by atoms with Crippen molar-refractivity contribution in [2.45, 2.75) is 115 Å². The number of unbranched alkanes of at least 4 members (excludes halogenated alkanes) is 1. The van der Waals surface area contributed by atoms with Gasteiger partial charge in [-0.15, -0.1) is 0 Å². The van der Waals surface area contributed by atoms with Crippen molar-refractivity contribution >= 4 is 81.4 Å². The van der Waals surface area contributed by atoms with Gasteiger partial charge in [-0.05, 0) is 154 Å². The molecule has 5 aliphatic carbocycles. The van der Waals surface area contributed by atoms with E-state index in [1.54, 1.807) is 12.1 Å². The number of allylic oxidation sites excluding steroid dienone is 4. The minimum Gasteiger partial charge on any atom is -0.508 e. The van der Waals surface area contributed by atoms with Gasteiger partial charge in [-0.25, -0.2) is 4.79 Å². The van der Waals surface area contributed by atoms with Gasteiger partial charge < -0.3 is 47.9 Å². The van der Waals surface area contributed by atoms with Gasteiger partial charge in [-0.3, -0.25) is 43.3 Å². The lowest BCUT2D eigenvalue weighted by molar-refractivity contribution is -0.140.